The van der Waals surface area contributed by atoms with Gasteiger partial charge in [-0.1, -0.05) is 13.0 Å². The van der Waals surface area contributed by atoms with Crippen LogP contribution in [0.5, 0.6) is 5.75 Å². The highest BCUT2D eigenvalue weighted by molar-refractivity contribution is 5.37. The Labute approximate surface area is 80.5 Å². The maximum Gasteiger partial charge on any atom is 0.416 e. The molecule has 0 aliphatic rings. The molecule has 0 atom stereocenters. The fourth-order valence-electron chi connectivity index (χ4n) is 1.25. The molecular weight excluding hydrogens is 193 g/mol. The van der Waals surface area contributed by atoms with Gasteiger partial charge in [0.15, 0.2) is 0 Å². The number of hydrogen-bond acceptors (Lipinski definition) is 1. The summed E-state index contributed by atoms with van der Waals surface area (Å²) in [6.45, 7) is 1.69. The number of methoxy groups -OCH3 is 1. The zero-order valence-electron chi connectivity index (χ0n) is 7.98. The van der Waals surface area contributed by atoms with E-state index in [0.717, 1.165) is 6.07 Å². The molecule has 0 bridgehead atoms. The van der Waals surface area contributed by atoms with E-state index in [0.29, 0.717) is 12.0 Å². The molecule has 0 heterocycles. The lowest BCUT2D eigenvalue weighted by molar-refractivity contribution is -0.138. The van der Waals surface area contributed by atoms with Crippen LogP contribution >= 0.6 is 0 Å². The van der Waals surface area contributed by atoms with Crippen molar-refractivity contribution in [1.29, 1.82) is 0 Å². The maximum atomic E-state index is 12.5. The molecule has 0 fully saturated rings. The number of halogens is 3. The largest absolute Gasteiger partial charge is 0.497 e. The minimum atomic E-state index is -4.31. The summed E-state index contributed by atoms with van der Waals surface area (Å²) in [5, 5.41) is 0. The third-order valence-electron chi connectivity index (χ3n) is 2.00. The van der Waals surface area contributed by atoms with Crippen LogP contribution in [-0.4, -0.2) is 7.11 Å². The summed E-state index contributed by atoms with van der Waals surface area (Å²) in [6.07, 6.45) is -3.95. The molecule has 14 heavy (non-hydrogen) atoms. The summed E-state index contributed by atoms with van der Waals surface area (Å²) in [6, 6.07) is 4.01. The van der Waals surface area contributed by atoms with Gasteiger partial charge in [-0.05, 0) is 24.1 Å². The lowest BCUT2D eigenvalue weighted by Crippen LogP contribution is -2.08. The predicted octanol–water partition coefficient (Wildman–Crippen LogP) is 3.28. The van der Waals surface area contributed by atoms with Crippen LogP contribution in [0.1, 0.15) is 18.1 Å². The van der Waals surface area contributed by atoms with Crippen molar-refractivity contribution in [2.75, 3.05) is 7.11 Å². The van der Waals surface area contributed by atoms with Crippen LogP contribution in [0.25, 0.3) is 0 Å². The zero-order valence-corrected chi connectivity index (χ0v) is 7.98. The van der Waals surface area contributed by atoms with Gasteiger partial charge in [0.2, 0.25) is 0 Å². The number of hydrogen-bond donors (Lipinski definition) is 0. The van der Waals surface area contributed by atoms with Gasteiger partial charge in [-0.2, -0.15) is 13.2 Å². The average molecular weight is 204 g/mol. The quantitative estimate of drug-likeness (QED) is 0.718. The van der Waals surface area contributed by atoms with E-state index in [2.05, 4.69) is 0 Å². The highest BCUT2D eigenvalue weighted by Crippen LogP contribution is 2.34. The molecule has 0 saturated carbocycles. The molecule has 0 aromatic heterocycles. The van der Waals surface area contributed by atoms with Crippen LogP contribution in [0.4, 0.5) is 13.2 Å². The molecule has 1 rings (SSSR count). The molecule has 0 amide bonds. The number of benzene rings is 1. The van der Waals surface area contributed by atoms with Crippen LogP contribution < -0.4 is 4.74 Å². The van der Waals surface area contributed by atoms with Crippen molar-refractivity contribution in [1.82, 2.24) is 0 Å². The number of alkyl halides is 3. The Morgan fingerprint density at radius 1 is 1.29 bits per heavy atom. The van der Waals surface area contributed by atoms with Crippen LogP contribution in [0.15, 0.2) is 18.2 Å². The van der Waals surface area contributed by atoms with Crippen LogP contribution in [0.2, 0.25) is 0 Å². The maximum absolute atomic E-state index is 12.5. The van der Waals surface area contributed by atoms with Gasteiger partial charge in [-0.15, -0.1) is 0 Å². The first-order chi connectivity index (χ1) is 6.49. The first-order valence-corrected chi connectivity index (χ1v) is 4.23. The highest BCUT2D eigenvalue weighted by atomic mass is 19.4. The molecule has 0 aliphatic carbocycles. The Balaban J connectivity index is 3.22. The minimum absolute atomic E-state index is 0.231. The molecule has 0 radical (unpaired) electrons. The normalized spacial score (nSPS) is 11.5. The van der Waals surface area contributed by atoms with Crippen molar-refractivity contribution in [3.63, 3.8) is 0 Å². The lowest BCUT2D eigenvalue weighted by Gasteiger charge is -2.12. The van der Waals surface area contributed by atoms with Gasteiger partial charge in [-0.3, -0.25) is 0 Å². The summed E-state index contributed by atoms with van der Waals surface area (Å²) in [4.78, 5) is 0. The van der Waals surface area contributed by atoms with Crippen LogP contribution in [0, 0.1) is 0 Å². The van der Waals surface area contributed by atoms with E-state index >= 15 is 0 Å². The summed E-state index contributed by atoms with van der Waals surface area (Å²) < 4.78 is 42.2. The van der Waals surface area contributed by atoms with Crippen molar-refractivity contribution in [3.8, 4) is 5.75 Å². The van der Waals surface area contributed by atoms with Gasteiger partial charge in [-0.25, -0.2) is 0 Å². The topological polar surface area (TPSA) is 9.23 Å². The van der Waals surface area contributed by atoms with Gasteiger partial charge in [0.25, 0.3) is 0 Å². The molecule has 0 saturated heterocycles. The highest BCUT2D eigenvalue weighted by Gasteiger charge is 2.33. The molecule has 0 unspecified atom stereocenters. The Bertz CT molecular complexity index is 318. The Kier molecular flexibility index (Phi) is 3.03. The summed E-state index contributed by atoms with van der Waals surface area (Å²) in [5.74, 6) is 0.231. The second-order valence-electron chi connectivity index (χ2n) is 2.87. The number of ether oxygens (including phenoxy) is 1. The first kappa shape index (κ1) is 10.9. The van der Waals surface area contributed by atoms with Crippen LogP contribution in [-0.2, 0) is 12.6 Å². The van der Waals surface area contributed by atoms with Crippen molar-refractivity contribution >= 4 is 0 Å². The van der Waals surface area contributed by atoms with E-state index in [4.69, 9.17) is 4.74 Å². The average Bonchev–Trinajstić information content (AvgIpc) is 2.15. The van der Waals surface area contributed by atoms with Crippen molar-refractivity contribution in [2.24, 2.45) is 0 Å². The predicted molar refractivity (Wildman–Crippen MR) is 47.4 cm³/mol. The molecule has 1 aromatic rings. The fraction of sp³-hybridized carbons (Fsp3) is 0.400. The van der Waals surface area contributed by atoms with Crippen molar-refractivity contribution in [2.45, 2.75) is 19.5 Å². The summed E-state index contributed by atoms with van der Waals surface area (Å²) in [7, 11) is 1.35. The molecule has 4 heteroatoms. The minimum Gasteiger partial charge on any atom is -0.497 e. The van der Waals surface area contributed by atoms with Gasteiger partial charge >= 0.3 is 6.18 Å². The van der Waals surface area contributed by atoms with Crippen molar-refractivity contribution < 1.29 is 17.9 Å². The number of aryl methyl sites for hydroxylation is 1. The molecule has 0 aliphatic heterocycles. The van der Waals surface area contributed by atoms with E-state index < -0.39 is 11.7 Å². The first-order valence-electron chi connectivity index (χ1n) is 4.23. The van der Waals surface area contributed by atoms with E-state index in [1.807, 2.05) is 0 Å². The van der Waals surface area contributed by atoms with E-state index in [-0.39, 0.29) is 5.75 Å². The second kappa shape index (κ2) is 3.90. The Hall–Kier alpha value is -1.19. The molecular formula is C10H11F3O. The van der Waals surface area contributed by atoms with Crippen molar-refractivity contribution in [3.05, 3.63) is 29.3 Å². The molecule has 1 aromatic carbocycles. The van der Waals surface area contributed by atoms with Gasteiger partial charge < -0.3 is 4.74 Å². The zero-order chi connectivity index (χ0) is 10.8. The number of rotatable bonds is 2. The summed E-state index contributed by atoms with van der Waals surface area (Å²) >= 11 is 0. The molecule has 0 spiro atoms. The van der Waals surface area contributed by atoms with Gasteiger partial charge in [0.1, 0.15) is 5.75 Å². The van der Waals surface area contributed by atoms with Crippen LogP contribution in [0.3, 0.4) is 0 Å². The molecule has 1 nitrogen and oxygen atoms in total. The standard InChI is InChI=1S/C10H11F3O/c1-3-7-4-5-8(14-2)6-9(7)10(11,12)13/h4-6H,3H2,1-2H3. The Morgan fingerprint density at radius 3 is 2.36 bits per heavy atom. The van der Waals surface area contributed by atoms with E-state index in [1.165, 1.54) is 19.2 Å². The van der Waals surface area contributed by atoms with Gasteiger partial charge in [0, 0.05) is 0 Å². The third kappa shape index (κ3) is 2.19. The Morgan fingerprint density at radius 2 is 1.93 bits per heavy atom. The SMILES string of the molecule is CCc1ccc(OC)cc1C(F)(F)F. The fourth-order valence-corrected chi connectivity index (χ4v) is 1.25. The smallest absolute Gasteiger partial charge is 0.416 e. The lowest BCUT2D eigenvalue weighted by atomic mass is 10.0. The van der Waals surface area contributed by atoms with Gasteiger partial charge in [0.05, 0.1) is 12.7 Å². The monoisotopic (exact) mass is 204 g/mol. The summed E-state index contributed by atoms with van der Waals surface area (Å²) in [5.41, 5.74) is -0.322. The van der Waals surface area contributed by atoms with E-state index in [9.17, 15) is 13.2 Å². The molecule has 78 valence electrons. The second-order valence-corrected chi connectivity index (χ2v) is 2.87. The molecule has 0 N–H and O–H groups in total. The van der Waals surface area contributed by atoms with E-state index in [1.54, 1.807) is 6.92 Å². The third-order valence-corrected chi connectivity index (χ3v) is 2.00.